The number of guanidine groups is 1. The van der Waals surface area contributed by atoms with Crippen molar-refractivity contribution in [3.05, 3.63) is 52.0 Å². The highest BCUT2D eigenvalue weighted by Crippen LogP contribution is 2.36. The van der Waals surface area contributed by atoms with Gasteiger partial charge in [0.2, 0.25) is 0 Å². The van der Waals surface area contributed by atoms with Crippen LogP contribution in [0.25, 0.3) is 0 Å². The lowest BCUT2D eigenvalue weighted by Crippen LogP contribution is -2.52. The number of nitrogens with zero attached hydrogens (tertiary/aromatic N) is 3. The second-order valence-electron chi connectivity index (χ2n) is 8.23. The number of aliphatic imine (C=N–C) groups is 1. The van der Waals surface area contributed by atoms with Crippen molar-refractivity contribution in [1.82, 2.24) is 20.5 Å². The molecule has 2 bridgehead atoms. The molecule has 29 heavy (non-hydrogen) atoms. The topological polar surface area (TPSA) is 52.6 Å². The number of fused-ring (bicyclic) bond motifs is 2. The van der Waals surface area contributed by atoms with Gasteiger partial charge in [-0.3, -0.25) is 9.89 Å². The van der Waals surface area contributed by atoms with Gasteiger partial charge in [-0.05, 0) is 45.1 Å². The van der Waals surface area contributed by atoms with Gasteiger partial charge in [0.25, 0.3) is 0 Å². The molecule has 2 fully saturated rings. The van der Waals surface area contributed by atoms with Crippen LogP contribution in [0.1, 0.15) is 48.1 Å². The number of thiazole rings is 1. The van der Waals surface area contributed by atoms with Gasteiger partial charge < -0.3 is 10.6 Å². The van der Waals surface area contributed by atoms with Crippen molar-refractivity contribution >= 4 is 17.3 Å². The van der Waals surface area contributed by atoms with Crippen LogP contribution in [0.5, 0.6) is 0 Å². The molecule has 1 aromatic carbocycles. The lowest BCUT2D eigenvalue weighted by atomic mass is 9.96. The van der Waals surface area contributed by atoms with Gasteiger partial charge in [0.05, 0.1) is 5.01 Å². The van der Waals surface area contributed by atoms with Gasteiger partial charge in [0.15, 0.2) is 5.96 Å². The van der Waals surface area contributed by atoms with E-state index in [9.17, 15) is 0 Å². The summed E-state index contributed by atoms with van der Waals surface area (Å²) in [4.78, 5) is 13.3. The average Bonchev–Trinajstić information content (AvgIpc) is 3.22. The summed E-state index contributed by atoms with van der Waals surface area (Å²) in [5.41, 5.74) is 1.43. The van der Waals surface area contributed by atoms with Crippen molar-refractivity contribution < 1.29 is 0 Å². The maximum Gasteiger partial charge on any atom is 0.191 e. The number of aromatic nitrogens is 1. The van der Waals surface area contributed by atoms with Crippen LogP contribution in [0.3, 0.4) is 0 Å². The van der Waals surface area contributed by atoms with E-state index in [2.05, 4.69) is 64.7 Å². The quantitative estimate of drug-likeness (QED) is 0.538. The fourth-order valence-corrected chi connectivity index (χ4v) is 5.51. The molecule has 2 aliphatic rings. The van der Waals surface area contributed by atoms with Gasteiger partial charge in [-0.25, -0.2) is 4.98 Å². The zero-order chi connectivity index (χ0) is 20.1. The summed E-state index contributed by atoms with van der Waals surface area (Å²) in [6.45, 7) is 7.00. The molecular weight excluding hydrogens is 378 g/mol. The maximum absolute atomic E-state index is 4.82. The molecule has 1 aromatic heterocycles. The van der Waals surface area contributed by atoms with E-state index in [0.717, 1.165) is 32.0 Å². The van der Waals surface area contributed by atoms with Crippen molar-refractivity contribution in [3.8, 4) is 0 Å². The molecule has 5 nitrogen and oxygen atoms in total. The number of nitrogens with one attached hydrogen (secondary N) is 2. The summed E-state index contributed by atoms with van der Waals surface area (Å²) in [6, 6.07) is 12.8. The third-order valence-corrected chi connectivity index (χ3v) is 7.01. The molecule has 3 heterocycles. The standard InChI is InChI=1S/C23H33N5S/c1-3-24-23(25-12-11-22-26-15-17(2)29-22)27-19-13-20-9-10-21(14-19)28(20)16-18-7-5-4-6-8-18/h4-8,15,19-21H,3,9-14,16H2,1-2H3,(H2,24,25,27). The minimum Gasteiger partial charge on any atom is -0.357 e. The molecule has 2 aromatic rings. The predicted molar refractivity (Wildman–Crippen MR) is 121 cm³/mol. The number of hydrogen-bond donors (Lipinski definition) is 2. The molecule has 0 spiro atoms. The molecule has 0 radical (unpaired) electrons. The number of benzene rings is 1. The summed E-state index contributed by atoms with van der Waals surface area (Å²) in [5, 5.41) is 8.33. The Hall–Kier alpha value is -1.92. The number of hydrogen-bond acceptors (Lipinski definition) is 4. The number of piperidine rings is 1. The molecule has 2 unspecified atom stereocenters. The van der Waals surface area contributed by atoms with Crippen LogP contribution in [-0.4, -0.2) is 47.1 Å². The summed E-state index contributed by atoms with van der Waals surface area (Å²) < 4.78 is 0. The second-order valence-corrected chi connectivity index (χ2v) is 9.55. The van der Waals surface area contributed by atoms with Crippen molar-refractivity contribution in [3.63, 3.8) is 0 Å². The van der Waals surface area contributed by atoms with E-state index >= 15 is 0 Å². The lowest BCUT2D eigenvalue weighted by Gasteiger charge is -2.39. The molecule has 156 valence electrons. The highest BCUT2D eigenvalue weighted by molar-refractivity contribution is 7.11. The Morgan fingerprint density at radius 2 is 1.97 bits per heavy atom. The monoisotopic (exact) mass is 411 g/mol. The first-order valence-corrected chi connectivity index (χ1v) is 11.8. The minimum atomic E-state index is 0.513. The van der Waals surface area contributed by atoms with Crippen molar-refractivity contribution in [2.24, 2.45) is 4.99 Å². The van der Waals surface area contributed by atoms with E-state index in [-0.39, 0.29) is 0 Å². The number of aryl methyl sites for hydroxylation is 1. The number of rotatable bonds is 7. The summed E-state index contributed by atoms with van der Waals surface area (Å²) in [5.74, 6) is 0.960. The van der Waals surface area contributed by atoms with Crippen LogP contribution < -0.4 is 10.6 Å². The normalized spacial score (nSPS) is 24.6. The van der Waals surface area contributed by atoms with Gasteiger partial charge in [0, 0.05) is 55.3 Å². The van der Waals surface area contributed by atoms with Crippen LogP contribution in [0, 0.1) is 6.92 Å². The van der Waals surface area contributed by atoms with Gasteiger partial charge in [-0.2, -0.15) is 0 Å². The first kappa shape index (κ1) is 20.4. The molecule has 6 heteroatoms. The van der Waals surface area contributed by atoms with Crippen LogP contribution in [0.2, 0.25) is 0 Å². The molecule has 2 atom stereocenters. The van der Waals surface area contributed by atoms with Gasteiger partial charge in [0.1, 0.15) is 0 Å². The Morgan fingerprint density at radius 3 is 2.62 bits per heavy atom. The second kappa shape index (κ2) is 9.72. The first-order chi connectivity index (χ1) is 14.2. The largest absolute Gasteiger partial charge is 0.357 e. The average molecular weight is 412 g/mol. The highest BCUT2D eigenvalue weighted by atomic mass is 32.1. The van der Waals surface area contributed by atoms with Crippen LogP contribution >= 0.6 is 11.3 Å². The molecule has 2 aliphatic heterocycles. The van der Waals surface area contributed by atoms with Crippen LogP contribution in [0.4, 0.5) is 0 Å². The predicted octanol–water partition coefficient (Wildman–Crippen LogP) is 3.74. The fraction of sp³-hybridized carbons (Fsp3) is 0.565. The third-order valence-electron chi connectivity index (χ3n) is 6.04. The molecular formula is C23H33N5S. The van der Waals surface area contributed by atoms with Crippen molar-refractivity contribution in [2.45, 2.75) is 70.6 Å². The van der Waals surface area contributed by atoms with Crippen LogP contribution in [-0.2, 0) is 13.0 Å². The fourth-order valence-electron chi connectivity index (χ4n) is 4.74. The Labute approximate surface area is 178 Å². The highest BCUT2D eigenvalue weighted by Gasteiger charge is 2.40. The molecule has 0 amide bonds. The molecule has 0 saturated carbocycles. The van der Waals surface area contributed by atoms with Gasteiger partial charge >= 0.3 is 0 Å². The Kier molecular flexibility index (Phi) is 6.82. The summed E-state index contributed by atoms with van der Waals surface area (Å²) in [6.07, 6.45) is 7.93. The molecule has 0 aliphatic carbocycles. The van der Waals surface area contributed by atoms with E-state index in [1.165, 1.54) is 41.1 Å². The Balaban J connectivity index is 1.32. The minimum absolute atomic E-state index is 0.513. The van der Waals surface area contributed by atoms with Crippen molar-refractivity contribution in [1.29, 1.82) is 0 Å². The van der Waals surface area contributed by atoms with Gasteiger partial charge in [-0.15, -0.1) is 11.3 Å². The first-order valence-electron chi connectivity index (χ1n) is 11.0. The zero-order valence-electron chi connectivity index (χ0n) is 17.6. The SMILES string of the molecule is CCNC(=NCCc1ncc(C)s1)NC1CC2CCC(C1)N2Cc1ccccc1. The van der Waals surface area contributed by atoms with Gasteiger partial charge in [-0.1, -0.05) is 30.3 Å². The van der Waals surface area contributed by atoms with E-state index < -0.39 is 0 Å². The Morgan fingerprint density at radius 1 is 1.21 bits per heavy atom. The summed E-state index contributed by atoms with van der Waals surface area (Å²) >= 11 is 1.77. The third kappa shape index (κ3) is 5.37. The van der Waals surface area contributed by atoms with E-state index in [4.69, 9.17) is 4.99 Å². The molecule has 4 rings (SSSR count). The zero-order valence-corrected chi connectivity index (χ0v) is 18.4. The lowest BCUT2D eigenvalue weighted by molar-refractivity contribution is 0.114. The maximum atomic E-state index is 4.82. The van der Waals surface area contributed by atoms with E-state index in [1.807, 2.05) is 6.20 Å². The Bertz CT molecular complexity index is 789. The van der Waals surface area contributed by atoms with E-state index in [0.29, 0.717) is 18.1 Å². The smallest absolute Gasteiger partial charge is 0.191 e. The van der Waals surface area contributed by atoms with E-state index in [1.54, 1.807) is 11.3 Å². The van der Waals surface area contributed by atoms with Crippen LogP contribution in [0.15, 0.2) is 41.5 Å². The molecule has 2 saturated heterocycles. The summed E-state index contributed by atoms with van der Waals surface area (Å²) in [7, 11) is 0. The van der Waals surface area contributed by atoms with Crippen molar-refractivity contribution in [2.75, 3.05) is 13.1 Å². The molecule has 2 N–H and O–H groups in total.